The van der Waals surface area contributed by atoms with E-state index in [1.54, 1.807) is 0 Å². The maximum absolute atomic E-state index is 11.2. The van der Waals surface area contributed by atoms with E-state index in [9.17, 15) is 4.79 Å². The number of rotatable bonds is 8. The fourth-order valence-corrected chi connectivity index (χ4v) is 3.76. The molecule has 1 aromatic heterocycles. The minimum atomic E-state index is -0.0340. The van der Waals surface area contributed by atoms with Gasteiger partial charge in [-0.05, 0) is 61.1 Å². The molecule has 1 amide bonds. The van der Waals surface area contributed by atoms with Crippen LogP contribution in [0.5, 0.6) is 16.7 Å². The van der Waals surface area contributed by atoms with Crippen molar-refractivity contribution >= 4 is 17.2 Å². The summed E-state index contributed by atoms with van der Waals surface area (Å²) < 4.78 is 11.6. The number of hydrogen-bond donors (Lipinski definition) is 1. The Balaban J connectivity index is 1.37. The van der Waals surface area contributed by atoms with Crippen molar-refractivity contribution in [1.82, 2.24) is 10.3 Å². The van der Waals surface area contributed by atoms with E-state index in [4.69, 9.17) is 9.47 Å². The van der Waals surface area contributed by atoms with Crippen LogP contribution in [-0.2, 0) is 4.79 Å². The minimum Gasteiger partial charge on any atom is -0.493 e. The Morgan fingerprint density at radius 2 is 1.83 bits per heavy atom. The Hall–Kier alpha value is -2.86. The van der Waals surface area contributed by atoms with Gasteiger partial charge in [-0.1, -0.05) is 35.6 Å². The van der Waals surface area contributed by atoms with Crippen LogP contribution < -0.4 is 14.8 Å². The number of nitrogens with zero attached hydrogens (tertiary/aromatic N) is 1. The third-order valence-corrected chi connectivity index (χ3v) is 5.74. The molecule has 1 aliphatic carbocycles. The smallest absolute Gasteiger partial charge is 0.279 e. The summed E-state index contributed by atoms with van der Waals surface area (Å²) in [7, 11) is 0. The van der Waals surface area contributed by atoms with E-state index in [-0.39, 0.29) is 11.9 Å². The van der Waals surface area contributed by atoms with Gasteiger partial charge < -0.3 is 14.8 Å². The van der Waals surface area contributed by atoms with Gasteiger partial charge in [-0.15, -0.1) is 0 Å². The van der Waals surface area contributed by atoms with Crippen molar-refractivity contribution in [2.75, 3.05) is 6.61 Å². The highest BCUT2D eigenvalue weighted by molar-refractivity contribution is 7.16. The Kier molecular flexibility index (Phi) is 5.81. The highest BCUT2D eigenvalue weighted by Crippen LogP contribution is 2.34. The summed E-state index contributed by atoms with van der Waals surface area (Å²) in [6, 6.07) is 15.8. The number of amides is 1. The van der Waals surface area contributed by atoms with Crippen LogP contribution in [0.25, 0.3) is 10.4 Å². The van der Waals surface area contributed by atoms with E-state index >= 15 is 0 Å². The second-order valence-corrected chi connectivity index (χ2v) is 8.36. The summed E-state index contributed by atoms with van der Waals surface area (Å²) in [5.74, 6) is 2.32. The molecular weight excluding hydrogens is 384 g/mol. The number of thiazole rings is 1. The van der Waals surface area contributed by atoms with Gasteiger partial charge in [0.15, 0.2) is 0 Å². The van der Waals surface area contributed by atoms with Gasteiger partial charge in [0.05, 0.1) is 17.5 Å². The van der Waals surface area contributed by atoms with Crippen LogP contribution in [0.2, 0.25) is 0 Å². The van der Waals surface area contributed by atoms with Crippen LogP contribution in [0.15, 0.2) is 54.7 Å². The number of nitrogens with one attached hydrogen (secondary N) is 1. The van der Waals surface area contributed by atoms with Crippen LogP contribution in [0.4, 0.5) is 0 Å². The summed E-state index contributed by atoms with van der Waals surface area (Å²) in [4.78, 5) is 16.6. The zero-order valence-electron chi connectivity index (χ0n) is 16.6. The summed E-state index contributed by atoms with van der Waals surface area (Å²) in [5.41, 5.74) is 2.13. The molecule has 5 nitrogen and oxygen atoms in total. The van der Waals surface area contributed by atoms with Crippen molar-refractivity contribution in [3.63, 3.8) is 0 Å². The molecule has 29 heavy (non-hydrogen) atoms. The van der Waals surface area contributed by atoms with Crippen molar-refractivity contribution < 1.29 is 14.3 Å². The molecule has 0 aliphatic heterocycles. The lowest BCUT2D eigenvalue weighted by molar-refractivity contribution is -0.119. The molecule has 3 aromatic rings. The lowest BCUT2D eigenvalue weighted by Gasteiger charge is -2.13. The van der Waals surface area contributed by atoms with Crippen molar-refractivity contribution in [3.8, 4) is 27.1 Å². The van der Waals surface area contributed by atoms with Gasteiger partial charge in [0, 0.05) is 13.1 Å². The first kappa shape index (κ1) is 19.5. The molecule has 2 aromatic carbocycles. The second-order valence-electron chi connectivity index (χ2n) is 7.36. The molecule has 1 heterocycles. The number of hydrogen-bond acceptors (Lipinski definition) is 5. The van der Waals surface area contributed by atoms with Crippen LogP contribution >= 0.6 is 11.3 Å². The van der Waals surface area contributed by atoms with Gasteiger partial charge in [0.25, 0.3) is 5.19 Å². The predicted molar refractivity (Wildman–Crippen MR) is 115 cm³/mol. The quantitative estimate of drug-likeness (QED) is 0.528. The normalized spacial score (nSPS) is 14.3. The van der Waals surface area contributed by atoms with Crippen molar-refractivity contribution in [2.24, 2.45) is 5.92 Å². The molecule has 0 spiro atoms. The van der Waals surface area contributed by atoms with Crippen molar-refractivity contribution in [3.05, 3.63) is 60.3 Å². The highest BCUT2D eigenvalue weighted by Gasteiger charge is 2.21. The van der Waals surface area contributed by atoms with Crippen LogP contribution in [0, 0.1) is 5.92 Å². The standard InChI is InChI=1S/C23H24N2O3S/c1-15(25-16(2)26)18-5-7-19(8-6-18)22-13-24-23(29-22)28-21-11-9-20(10-12-21)27-14-17-3-4-17/h5-13,15,17H,3-4,14H2,1-2H3,(H,25,26)/t15-/m0/s1. The summed E-state index contributed by atoms with van der Waals surface area (Å²) in [6.45, 7) is 4.30. The minimum absolute atomic E-state index is 0.0156. The zero-order valence-corrected chi connectivity index (χ0v) is 17.4. The third-order valence-electron chi connectivity index (χ3n) is 4.81. The van der Waals surface area contributed by atoms with Crippen LogP contribution in [0.3, 0.4) is 0 Å². The average Bonchev–Trinajstić information content (AvgIpc) is 3.44. The molecule has 0 unspecified atom stereocenters. The van der Waals surface area contributed by atoms with E-state index in [1.807, 2.05) is 61.7 Å². The molecule has 0 bridgehead atoms. The largest absolute Gasteiger partial charge is 0.493 e. The predicted octanol–water partition coefficient (Wildman–Crippen LogP) is 5.59. The monoisotopic (exact) mass is 408 g/mol. The summed E-state index contributed by atoms with van der Waals surface area (Å²) >= 11 is 1.50. The lowest BCUT2D eigenvalue weighted by atomic mass is 10.1. The molecule has 6 heteroatoms. The number of ether oxygens (including phenoxy) is 2. The van der Waals surface area contributed by atoms with E-state index in [0.29, 0.717) is 5.19 Å². The summed E-state index contributed by atoms with van der Waals surface area (Å²) in [6.07, 6.45) is 4.38. The first-order chi connectivity index (χ1) is 14.1. The Labute approximate surface area is 174 Å². The first-order valence-electron chi connectivity index (χ1n) is 9.81. The van der Waals surface area contributed by atoms with E-state index in [1.165, 1.54) is 31.1 Å². The van der Waals surface area contributed by atoms with Gasteiger partial charge >= 0.3 is 0 Å². The molecule has 1 aliphatic rings. The number of benzene rings is 2. The molecule has 1 N–H and O–H groups in total. The summed E-state index contributed by atoms with van der Waals surface area (Å²) in [5, 5.41) is 3.49. The molecule has 0 radical (unpaired) electrons. The van der Waals surface area contributed by atoms with Gasteiger partial charge in [-0.3, -0.25) is 4.79 Å². The maximum Gasteiger partial charge on any atom is 0.279 e. The topological polar surface area (TPSA) is 60.5 Å². The zero-order chi connectivity index (χ0) is 20.2. The van der Waals surface area contributed by atoms with Gasteiger partial charge in [0.1, 0.15) is 11.5 Å². The van der Waals surface area contributed by atoms with E-state index in [0.717, 1.165) is 40.0 Å². The molecular formula is C23H24N2O3S. The first-order valence-corrected chi connectivity index (χ1v) is 10.6. The van der Waals surface area contributed by atoms with Crippen molar-refractivity contribution in [1.29, 1.82) is 0 Å². The fourth-order valence-electron chi connectivity index (χ4n) is 2.97. The molecule has 1 saturated carbocycles. The molecule has 1 fully saturated rings. The van der Waals surface area contributed by atoms with Crippen LogP contribution in [0.1, 0.15) is 38.3 Å². The Morgan fingerprint density at radius 3 is 2.48 bits per heavy atom. The van der Waals surface area contributed by atoms with Gasteiger partial charge in [-0.2, -0.15) is 0 Å². The fraction of sp³-hybridized carbons (Fsp3) is 0.304. The number of aromatic nitrogens is 1. The Bertz CT molecular complexity index is 963. The average molecular weight is 409 g/mol. The SMILES string of the molecule is CC(=O)N[C@@H](C)c1ccc(-c2cnc(Oc3ccc(OCC4CC4)cc3)s2)cc1. The number of carbonyl (C=O) groups is 1. The van der Waals surface area contributed by atoms with Gasteiger partial charge in [0.2, 0.25) is 5.91 Å². The van der Waals surface area contributed by atoms with Crippen LogP contribution in [-0.4, -0.2) is 17.5 Å². The lowest BCUT2D eigenvalue weighted by Crippen LogP contribution is -2.23. The molecule has 4 rings (SSSR count). The second kappa shape index (κ2) is 8.66. The third kappa shape index (κ3) is 5.35. The molecule has 1 atom stereocenters. The number of carbonyl (C=O) groups excluding carboxylic acids is 1. The molecule has 150 valence electrons. The highest BCUT2D eigenvalue weighted by atomic mass is 32.1. The molecule has 0 saturated heterocycles. The van der Waals surface area contributed by atoms with Gasteiger partial charge in [-0.25, -0.2) is 4.98 Å². The van der Waals surface area contributed by atoms with Crippen molar-refractivity contribution in [2.45, 2.75) is 32.7 Å². The van der Waals surface area contributed by atoms with E-state index in [2.05, 4.69) is 10.3 Å². The maximum atomic E-state index is 11.2. The van der Waals surface area contributed by atoms with E-state index < -0.39 is 0 Å². The Morgan fingerprint density at radius 1 is 1.14 bits per heavy atom.